The van der Waals surface area contributed by atoms with E-state index in [0.29, 0.717) is 12.0 Å². The zero-order chi connectivity index (χ0) is 21.0. The largest absolute Gasteiger partial charge is 0.368 e. The van der Waals surface area contributed by atoms with Crippen LogP contribution in [0.3, 0.4) is 0 Å². The number of nitrogens with two attached hydrogens (primary N) is 1. The fraction of sp³-hybridized carbons (Fsp3) is 0.304. The molecule has 152 valence electrons. The first kappa shape index (κ1) is 20.7. The summed E-state index contributed by atoms with van der Waals surface area (Å²) in [6.07, 6.45) is 5.30. The Balaban J connectivity index is 2.10. The normalized spacial score (nSPS) is 15.9. The standard InChI is InChI=1S/C23H24F2N2O2/c1-15(18-12-19(24)14-20(25)13-18)27(23(29)17-10-6-3-7-11-17)21(22(26)28)16-8-4-2-5-9-16/h3,6-8,10-15,21H,2,4-5,9H2,1H3,(H2,26,28)/t15-,21+/m1/s1. The quantitative estimate of drug-likeness (QED) is 0.727. The molecule has 3 rings (SSSR count). The molecule has 2 amide bonds. The highest BCUT2D eigenvalue weighted by atomic mass is 19.1. The second-order valence-corrected chi connectivity index (χ2v) is 7.29. The first-order chi connectivity index (χ1) is 13.9. The third-order valence-corrected chi connectivity index (χ3v) is 5.26. The smallest absolute Gasteiger partial charge is 0.255 e. The van der Waals surface area contributed by atoms with Gasteiger partial charge in [-0.05, 0) is 68.0 Å². The van der Waals surface area contributed by atoms with Crippen LogP contribution >= 0.6 is 0 Å². The van der Waals surface area contributed by atoms with Crippen molar-refractivity contribution < 1.29 is 18.4 Å². The van der Waals surface area contributed by atoms with Crippen LogP contribution in [0.5, 0.6) is 0 Å². The predicted octanol–water partition coefficient (Wildman–Crippen LogP) is 4.52. The van der Waals surface area contributed by atoms with Gasteiger partial charge in [0.25, 0.3) is 5.91 Å². The number of nitrogens with zero attached hydrogens (tertiary/aromatic N) is 1. The number of amides is 2. The molecule has 0 bridgehead atoms. The van der Waals surface area contributed by atoms with Crippen LogP contribution in [0.2, 0.25) is 0 Å². The van der Waals surface area contributed by atoms with E-state index in [9.17, 15) is 18.4 Å². The van der Waals surface area contributed by atoms with Crippen LogP contribution in [0, 0.1) is 11.6 Å². The number of halogens is 2. The van der Waals surface area contributed by atoms with Crippen LogP contribution in [-0.4, -0.2) is 22.8 Å². The van der Waals surface area contributed by atoms with Crippen molar-refractivity contribution in [3.05, 3.63) is 82.9 Å². The monoisotopic (exact) mass is 398 g/mol. The van der Waals surface area contributed by atoms with Gasteiger partial charge in [-0.25, -0.2) is 8.78 Å². The third-order valence-electron chi connectivity index (χ3n) is 5.26. The molecule has 0 saturated carbocycles. The van der Waals surface area contributed by atoms with Gasteiger partial charge in [-0.1, -0.05) is 24.3 Å². The van der Waals surface area contributed by atoms with Crippen LogP contribution in [0.15, 0.2) is 60.2 Å². The zero-order valence-electron chi connectivity index (χ0n) is 16.3. The van der Waals surface area contributed by atoms with Gasteiger partial charge >= 0.3 is 0 Å². The van der Waals surface area contributed by atoms with Gasteiger partial charge < -0.3 is 10.6 Å². The maximum Gasteiger partial charge on any atom is 0.255 e. The van der Waals surface area contributed by atoms with Crippen molar-refractivity contribution in [3.8, 4) is 0 Å². The minimum Gasteiger partial charge on any atom is -0.368 e. The van der Waals surface area contributed by atoms with E-state index in [0.717, 1.165) is 30.9 Å². The average Bonchev–Trinajstić information content (AvgIpc) is 2.71. The SMILES string of the molecule is C[C@H](c1cc(F)cc(F)c1)N(C(=O)c1ccccc1)[C@H](C(N)=O)C1=CCCCC1. The average molecular weight is 398 g/mol. The number of carbonyl (C=O) groups excluding carboxylic acids is 2. The summed E-state index contributed by atoms with van der Waals surface area (Å²) in [7, 11) is 0. The summed E-state index contributed by atoms with van der Waals surface area (Å²) in [4.78, 5) is 27.3. The lowest BCUT2D eigenvalue weighted by molar-refractivity contribution is -0.122. The summed E-state index contributed by atoms with van der Waals surface area (Å²) in [5, 5.41) is 0. The zero-order valence-corrected chi connectivity index (χ0v) is 16.3. The molecule has 0 spiro atoms. The van der Waals surface area contributed by atoms with Gasteiger partial charge in [0.2, 0.25) is 5.91 Å². The van der Waals surface area contributed by atoms with Gasteiger partial charge in [0, 0.05) is 11.6 Å². The molecule has 0 radical (unpaired) electrons. The Morgan fingerprint density at radius 1 is 1.03 bits per heavy atom. The third kappa shape index (κ3) is 4.70. The van der Waals surface area contributed by atoms with E-state index in [1.165, 1.54) is 17.0 Å². The van der Waals surface area contributed by atoms with Crippen molar-refractivity contribution >= 4 is 11.8 Å². The van der Waals surface area contributed by atoms with Gasteiger partial charge in [-0.2, -0.15) is 0 Å². The maximum atomic E-state index is 13.8. The maximum absolute atomic E-state index is 13.8. The van der Waals surface area contributed by atoms with E-state index in [4.69, 9.17) is 5.73 Å². The Bertz CT molecular complexity index is 907. The van der Waals surface area contributed by atoms with E-state index >= 15 is 0 Å². The lowest BCUT2D eigenvalue weighted by atomic mass is 9.90. The number of primary amides is 1. The van der Waals surface area contributed by atoms with Crippen molar-refractivity contribution in [1.29, 1.82) is 0 Å². The number of hydrogen-bond donors (Lipinski definition) is 1. The van der Waals surface area contributed by atoms with E-state index < -0.39 is 35.5 Å². The van der Waals surface area contributed by atoms with E-state index in [1.807, 2.05) is 6.08 Å². The second-order valence-electron chi connectivity index (χ2n) is 7.29. The molecule has 0 aliphatic heterocycles. The highest BCUT2D eigenvalue weighted by Crippen LogP contribution is 2.32. The molecule has 6 heteroatoms. The van der Waals surface area contributed by atoms with Crippen molar-refractivity contribution in [2.45, 2.75) is 44.7 Å². The fourth-order valence-corrected chi connectivity index (χ4v) is 3.83. The number of hydrogen-bond acceptors (Lipinski definition) is 2. The summed E-state index contributed by atoms with van der Waals surface area (Å²) in [6, 6.07) is 9.87. The second kappa shape index (κ2) is 8.99. The highest BCUT2D eigenvalue weighted by molar-refractivity contribution is 5.98. The molecule has 4 nitrogen and oxygen atoms in total. The molecule has 0 saturated heterocycles. The summed E-state index contributed by atoms with van der Waals surface area (Å²) in [5.41, 5.74) is 7.15. The Hall–Kier alpha value is -3.02. The van der Waals surface area contributed by atoms with Gasteiger partial charge in [0.15, 0.2) is 0 Å². The molecule has 2 atom stereocenters. The Kier molecular flexibility index (Phi) is 6.42. The minimum absolute atomic E-state index is 0.259. The number of rotatable bonds is 6. The van der Waals surface area contributed by atoms with Crippen molar-refractivity contribution in [1.82, 2.24) is 4.90 Å². The van der Waals surface area contributed by atoms with E-state index in [-0.39, 0.29) is 5.56 Å². The molecule has 2 aromatic rings. The molecule has 2 N–H and O–H groups in total. The topological polar surface area (TPSA) is 63.4 Å². The lowest BCUT2D eigenvalue weighted by Gasteiger charge is -2.37. The van der Waals surface area contributed by atoms with Gasteiger partial charge in [-0.15, -0.1) is 0 Å². The molecule has 2 aromatic carbocycles. The van der Waals surface area contributed by atoms with Gasteiger partial charge in [0.05, 0.1) is 6.04 Å². The van der Waals surface area contributed by atoms with Crippen LogP contribution in [0.4, 0.5) is 8.78 Å². The lowest BCUT2D eigenvalue weighted by Crippen LogP contribution is -2.50. The molecule has 0 heterocycles. The molecule has 0 unspecified atom stereocenters. The van der Waals surface area contributed by atoms with Crippen molar-refractivity contribution in [2.24, 2.45) is 5.73 Å². The molecule has 0 fully saturated rings. The predicted molar refractivity (Wildman–Crippen MR) is 107 cm³/mol. The number of allylic oxidation sites excluding steroid dienone is 1. The first-order valence-corrected chi connectivity index (χ1v) is 9.70. The Labute approximate surface area is 169 Å². The molecule has 29 heavy (non-hydrogen) atoms. The molecular formula is C23H24F2N2O2. The van der Waals surface area contributed by atoms with Gasteiger partial charge in [-0.3, -0.25) is 9.59 Å². The molecule has 1 aliphatic rings. The fourth-order valence-electron chi connectivity index (χ4n) is 3.83. The molecular weight excluding hydrogens is 374 g/mol. The molecule has 0 aromatic heterocycles. The summed E-state index contributed by atoms with van der Waals surface area (Å²) in [5.74, 6) is -2.57. The van der Waals surface area contributed by atoms with Crippen LogP contribution < -0.4 is 5.73 Å². The van der Waals surface area contributed by atoms with Crippen LogP contribution in [-0.2, 0) is 4.79 Å². The Morgan fingerprint density at radius 2 is 1.69 bits per heavy atom. The number of carbonyl (C=O) groups is 2. The number of benzene rings is 2. The summed E-state index contributed by atoms with van der Waals surface area (Å²) in [6.45, 7) is 1.65. The summed E-state index contributed by atoms with van der Waals surface area (Å²) < 4.78 is 27.7. The van der Waals surface area contributed by atoms with E-state index in [2.05, 4.69) is 0 Å². The first-order valence-electron chi connectivity index (χ1n) is 9.70. The van der Waals surface area contributed by atoms with E-state index in [1.54, 1.807) is 37.3 Å². The summed E-state index contributed by atoms with van der Waals surface area (Å²) >= 11 is 0. The van der Waals surface area contributed by atoms with Gasteiger partial charge in [0.1, 0.15) is 17.7 Å². The molecule has 1 aliphatic carbocycles. The minimum atomic E-state index is -0.982. The van der Waals surface area contributed by atoms with Crippen LogP contribution in [0.1, 0.15) is 54.6 Å². The van der Waals surface area contributed by atoms with Crippen LogP contribution in [0.25, 0.3) is 0 Å². The highest BCUT2D eigenvalue weighted by Gasteiger charge is 2.36. The van der Waals surface area contributed by atoms with Crippen molar-refractivity contribution in [2.75, 3.05) is 0 Å². The van der Waals surface area contributed by atoms with Crippen molar-refractivity contribution in [3.63, 3.8) is 0 Å². The Morgan fingerprint density at radius 3 is 2.24 bits per heavy atom.